The van der Waals surface area contributed by atoms with Gasteiger partial charge in [-0.2, -0.15) is 13.2 Å². The van der Waals surface area contributed by atoms with Gasteiger partial charge in [0.1, 0.15) is 5.82 Å². The van der Waals surface area contributed by atoms with Crippen LogP contribution >= 0.6 is 0 Å². The van der Waals surface area contributed by atoms with Gasteiger partial charge in [0.15, 0.2) is 0 Å². The molecule has 0 amide bonds. The van der Waals surface area contributed by atoms with Crippen LogP contribution in [-0.2, 0) is 22.3 Å². The van der Waals surface area contributed by atoms with E-state index in [2.05, 4.69) is 0 Å². The zero-order valence-corrected chi connectivity index (χ0v) is 15.6. The largest absolute Gasteiger partial charge is 0.483 e. The van der Waals surface area contributed by atoms with Crippen molar-refractivity contribution in [3.05, 3.63) is 35.1 Å². The molecule has 28 heavy (non-hydrogen) atoms. The normalized spacial score (nSPS) is 25.1. The van der Waals surface area contributed by atoms with E-state index in [0.717, 1.165) is 12.1 Å². The van der Waals surface area contributed by atoms with Gasteiger partial charge in [0.2, 0.25) is 0 Å². The lowest BCUT2D eigenvalue weighted by Crippen LogP contribution is -2.53. The summed E-state index contributed by atoms with van der Waals surface area (Å²) >= 11 is 0. The molecule has 1 spiro atoms. The summed E-state index contributed by atoms with van der Waals surface area (Å²) in [4.78, 5) is 10.4. The standard InChI is InChI=1S/C18H23F4NO2.CH2O2/c1-16(24)4-7-25-17(12-16)2-5-23(6-3-17)11-13-8-14(18(20,21)22)10-15(19)9-13;2-1-3/h8-10,24H,2-7,11-12H2,1H3;1H,(H,2,3). The van der Waals surface area contributed by atoms with Gasteiger partial charge in [0, 0.05) is 26.1 Å². The average Bonchev–Trinajstić information content (AvgIpc) is 2.56. The molecule has 158 valence electrons. The molecule has 0 aliphatic carbocycles. The monoisotopic (exact) mass is 407 g/mol. The lowest BCUT2D eigenvalue weighted by molar-refractivity contribution is -0.173. The molecule has 1 aromatic carbocycles. The highest BCUT2D eigenvalue weighted by atomic mass is 19.4. The Morgan fingerprint density at radius 1 is 1.21 bits per heavy atom. The maximum Gasteiger partial charge on any atom is 0.416 e. The van der Waals surface area contributed by atoms with E-state index >= 15 is 0 Å². The van der Waals surface area contributed by atoms with E-state index in [0.29, 0.717) is 57.0 Å². The Morgan fingerprint density at radius 2 is 1.82 bits per heavy atom. The molecule has 0 saturated carbocycles. The van der Waals surface area contributed by atoms with Crippen molar-refractivity contribution in [3.63, 3.8) is 0 Å². The maximum atomic E-state index is 13.5. The van der Waals surface area contributed by atoms with E-state index in [9.17, 15) is 22.7 Å². The second-order valence-electron chi connectivity index (χ2n) is 7.68. The third-order valence-corrected chi connectivity index (χ3v) is 5.21. The van der Waals surface area contributed by atoms with Crippen LogP contribution in [0.5, 0.6) is 0 Å². The summed E-state index contributed by atoms with van der Waals surface area (Å²) in [6.07, 6.45) is -1.94. The first kappa shape index (κ1) is 22.6. The van der Waals surface area contributed by atoms with E-state index < -0.39 is 23.2 Å². The molecule has 1 aromatic rings. The predicted molar refractivity (Wildman–Crippen MR) is 93.1 cm³/mol. The number of aliphatic hydroxyl groups is 1. The maximum absolute atomic E-state index is 13.5. The van der Waals surface area contributed by atoms with Crippen LogP contribution in [0.3, 0.4) is 0 Å². The van der Waals surface area contributed by atoms with E-state index in [1.165, 1.54) is 0 Å². The highest BCUT2D eigenvalue weighted by Crippen LogP contribution is 2.39. The van der Waals surface area contributed by atoms with Gasteiger partial charge in [-0.15, -0.1) is 0 Å². The fraction of sp³-hybridized carbons (Fsp3) is 0.632. The van der Waals surface area contributed by atoms with E-state index in [4.69, 9.17) is 14.6 Å². The van der Waals surface area contributed by atoms with Gasteiger partial charge in [0.05, 0.1) is 23.4 Å². The number of nitrogens with zero attached hydrogens (tertiary/aromatic N) is 1. The fourth-order valence-corrected chi connectivity index (χ4v) is 3.92. The van der Waals surface area contributed by atoms with Crippen LogP contribution in [0.15, 0.2) is 18.2 Å². The summed E-state index contributed by atoms with van der Waals surface area (Å²) in [6.45, 7) is 3.65. The van der Waals surface area contributed by atoms with Gasteiger partial charge in [-0.1, -0.05) is 0 Å². The Kier molecular flexibility index (Phi) is 7.06. The van der Waals surface area contributed by atoms with Crippen molar-refractivity contribution >= 4 is 6.47 Å². The molecular formula is C19H25F4NO4. The second kappa shape index (κ2) is 8.75. The molecule has 2 fully saturated rings. The van der Waals surface area contributed by atoms with Gasteiger partial charge in [-0.3, -0.25) is 9.69 Å². The van der Waals surface area contributed by atoms with E-state index in [1.807, 2.05) is 11.8 Å². The summed E-state index contributed by atoms with van der Waals surface area (Å²) in [5.74, 6) is -0.870. The van der Waals surface area contributed by atoms with Crippen molar-refractivity contribution in [2.45, 2.75) is 56.5 Å². The number of benzene rings is 1. The lowest BCUT2D eigenvalue weighted by Gasteiger charge is -2.48. The number of piperidine rings is 1. The Labute approximate surface area is 160 Å². The Hall–Kier alpha value is -1.71. The quantitative estimate of drug-likeness (QED) is 0.581. The SMILES string of the molecule is CC1(O)CCOC2(CCN(Cc3cc(F)cc(C(F)(F)F)c3)CC2)C1.O=CO. The first-order valence-corrected chi connectivity index (χ1v) is 9.02. The molecule has 2 aliphatic rings. The number of rotatable bonds is 2. The molecule has 2 saturated heterocycles. The van der Waals surface area contributed by atoms with Crippen LogP contribution in [-0.4, -0.2) is 52.5 Å². The van der Waals surface area contributed by atoms with E-state index in [-0.39, 0.29) is 18.6 Å². The minimum absolute atomic E-state index is 0.250. The predicted octanol–water partition coefficient (Wildman–Crippen LogP) is 3.44. The first-order valence-electron chi connectivity index (χ1n) is 9.02. The Balaban J connectivity index is 0.000000878. The first-order chi connectivity index (χ1) is 13.0. The number of likely N-dealkylation sites (tertiary alicyclic amines) is 1. The summed E-state index contributed by atoms with van der Waals surface area (Å²) in [5.41, 5.74) is -1.72. The number of halogens is 4. The molecule has 2 N–H and O–H groups in total. The summed E-state index contributed by atoms with van der Waals surface area (Å²) in [6, 6.07) is 2.68. The molecule has 2 heterocycles. The number of carbonyl (C=O) groups is 1. The molecule has 2 aliphatic heterocycles. The van der Waals surface area contributed by atoms with Crippen LogP contribution in [0, 0.1) is 5.82 Å². The van der Waals surface area contributed by atoms with Crippen LogP contribution in [0.2, 0.25) is 0 Å². The molecule has 0 bridgehead atoms. The Morgan fingerprint density at radius 3 is 2.36 bits per heavy atom. The lowest BCUT2D eigenvalue weighted by atomic mass is 9.78. The third-order valence-electron chi connectivity index (χ3n) is 5.21. The van der Waals surface area contributed by atoms with Crippen LogP contribution in [0.1, 0.15) is 43.7 Å². The minimum Gasteiger partial charge on any atom is -0.483 e. The Bertz CT molecular complexity index is 670. The highest BCUT2D eigenvalue weighted by molar-refractivity contribution is 5.32. The van der Waals surface area contributed by atoms with Crippen molar-refractivity contribution < 1.29 is 37.3 Å². The highest BCUT2D eigenvalue weighted by Gasteiger charge is 2.44. The fourth-order valence-electron chi connectivity index (χ4n) is 3.92. The number of alkyl halides is 3. The van der Waals surface area contributed by atoms with Crippen molar-refractivity contribution in [1.82, 2.24) is 4.90 Å². The number of ether oxygens (including phenoxy) is 1. The smallest absolute Gasteiger partial charge is 0.416 e. The molecule has 1 unspecified atom stereocenters. The summed E-state index contributed by atoms with van der Waals surface area (Å²) in [7, 11) is 0. The molecule has 0 aromatic heterocycles. The molecule has 1 atom stereocenters. The molecular weight excluding hydrogens is 382 g/mol. The zero-order valence-electron chi connectivity index (χ0n) is 15.6. The van der Waals surface area contributed by atoms with Crippen LogP contribution in [0.25, 0.3) is 0 Å². The van der Waals surface area contributed by atoms with Gasteiger partial charge in [-0.25, -0.2) is 4.39 Å². The van der Waals surface area contributed by atoms with Crippen molar-refractivity contribution in [2.75, 3.05) is 19.7 Å². The van der Waals surface area contributed by atoms with Crippen molar-refractivity contribution in [3.8, 4) is 0 Å². The van der Waals surface area contributed by atoms with Gasteiger partial charge in [-0.05, 0) is 49.9 Å². The van der Waals surface area contributed by atoms with Gasteiger partial charge >= 0.3 is 6.18 Å². The van der Waals surface area contributed by atoms with Gasteiger partial charge < -0.3 is 14.9 Å². The molecule has 3 rings (SSSR count). The molecule has 5 nitrogen and oxygen atoms in total. The molecule has 9 heteroatoms. The summed E-state index contributed by atoms with van der Waals surface area (Å²) < 4.78 is 57.9. The van der Waals surface area contributed by atoms with Crippen molar-refractivity contribution in [1.29, 1.82) is 0 Å². The summed E-state index contributed by atoms with van der Waals surface area (Å²) in [5, 5.41) is 17.2. The van der Waals surface area contributed by atoms with E-state index in [1.54, 1.807) is 0 Å². The third kappa shape index (κ3) is 6.15. The molecule has 0 radical (unpaired) electrons. The zero-order chi connectivity index (χ0) is 21.0. The minimum atomic E-state index is -4.55. The topological polar surface area (TPSA) is 70.0 Å². The number of hydrogen-bond acceptors (Lipinski definition) is 4. The van der Waals surface area contributed by atoms with Crippen molar-refractivity contribution in [2.24, 2.45) is 0 Å². The van der Waals surface area contributed by atoms with Crippen LogP contribution in [0.4, 0.5) is 17.6 Å². The van der Waals surface area contributed by atoms with Gasteiger partial charge in [0.25, 0.3) is 6.47 Å². The van der Waals surface area contributed by atoms with Crippen LogP contribution < -0.4 is 0 Å². The number of carboxylic acid groups (broad SMARTS) is 1. The average molecular weight is 407 g/mol. The second-order valence-corrected chi connectivity index (χ2v) is 7.68. The number of hydrogen-bond donors (Lipinski definition) is 2.